The molecule has 2 fully saturated rings. The lowest BCUT2D eigenvalue weighted by atomic mass is 9.87. The summed E-state index contributed by atoms with van der Waals surface area (Å²) in [6, 6.07) is 4.93. The van der Waals surface area contributed by atoms with Crippen molar-refractivity contribution in [2.24, 2.45) is 5.73 Å². The molecule has 5 rings (SSSR count). The molecule has 0 spiro atoms. The molecule has 2 aliphatic carbocycles. The fraction of sp³-hybridized carbons (Fsp3) is 0.364. The molecule has 2 saturated carbocycles. The van der Waals surface area contributed by atoms with E-state index in [1.807, 2.05) is 18.2 Å². The topological polar surface area (TPSA) is 135 Å². The summed E-state index contributed by atoms with van der Waals surface area (Å²) in [6.07, 6.45) is 4.01. The second kappa shape index (κ2) is 7.98. The molecule has 0 atom stereocenters. The van der Waals surface area contributed by atoms with E-state index in [0.717, 1.165) is 11.1 Å². The van der Waals surface area contributed by atoms with Crippen LogP contribution in [-0.4, -0.2) is 51.3 Å². The molecule has 0 bridgehead atoms. The molecule has 0 saturated heterocycles. The Morgan fingerprint density at radius 2 is 1.94 bits per heavy atom. The fourth-order valence-electron chi connectivity index (χ4n) is 4.28. The molecule has 0 unspecified atom stereocenters. The van der Waals surface area contributed by atoms with Crippen LogP contribution in [0.1, 0.15) is 36.0 Å². The molecule has 2 heterocycles. The van der Waals surface area contributed by atoms with Gasteiger partial charge in [0.25, 0.3) is 11.8 Å². The highest BCUT2D eigenvalue weighted by Gasteiger charge is 2.45. The van der Waals surface area contributed by atoms with Crippen LogP contribution in [0, 0.1) is 0 Å². The summed E-state index contributed by atoms with van der Waals surface area (Å²) in [5.74, 6) is -3.08. The van der Waals surface area contributed by atoms with Crippen molar-refractivity contribution in [1.82, 2.24) is 20.5 Å². The summed E-state index contributed by atoms with van der Waals surface area (Å²) < 4.78 is 31.9. The molecule has 5 N–H and O–H groups in total. The zero-order valence-corrected chi connectivity index (χ0v) is 17.5. The lowest BCUT2D eigenvalue weighted by molar-refractivity contribution is -0.0793. The lowest BCUT2D eigenvalue weighted by Gasteiger charge is -2.37. The number of carbonyl (C=O) groups excluding carboxylic acids is 2. The number of alkyl halides is 2. The first-order valence-electron chi connectivity index (χ1n) is 10.6. The van der Waals surface area contributed by atoms with Crippen molar-refractivity contribution in [1.29, 1.82) is 0 Å². The molecule has 0 aliphatic heterocycles. The van der Waals surface area contributed by atoms with Gasteiger partial charge in [-0.1, -0.05) is 6.07 Å². The first-order valence-corrected chi connectivity index (χ1v) is 10.6. The third-order valence-corrected chi connectivity index (χ3v) is 6.10. The van der Waals surface area contributed by atoms with E-state index in [0.29, 0.717) is 29.4 Å². The zero-order valence-electron chi connectivity index (χ0n) is 17.5. The molecule has 9 nitrogen and oxygen atoms in total. The van der Waals surface area contributed by atoms with E-state index in [2.05, 4.69) is 25.8 Å². The van der Waals surface area contributed by atoms with Gasteiger partial charge in [0.15, 0.2) is 0 Å². The molecule has 33 heavy (non-hydrogen) atoms. The van der Waals surface area contributed by atoms with Crippen LogP contribution in [0.3, 0.4) is 0 Å². The van der Waals surface area contributed by atoms with Gasteiger partial charge in [-0.2, -0.15) is 5.10 Å². The number of anilines is 1. The third-order valence-electron chi connectivity index (χ3n) is 6.10. The molecule has 2 aliphatic rings. The number of nitrogens with zero attached hydrogens (tertiary/aromatic N) is 2. The van der Waals surface area contributed by atoms with Crippen LogP contribution in [0.5, 0.6) is 0 Å². The van der Waals surface area contributed by atoms with E-state index in [-0.39, 0.29) is 36.5 Å². The number of aromatic amines is 1. The third kappa shape index (κ3) is 4.30. The van der Waals surface area contributed by atoms with Crippen LogP contribution >= 0.6 is 0 Å². The predicted octanol–water partition coefficient (Wildman–Crippen LogP) is 3.19. The van der Waals surface area contributed by atoms with Gasteiger partial charge < -0.3 is 21.1 Å². The number of pyridine rings is 1. The Bertz CT molecular complexity index is 1200. The van der Waals surface area contributed by atoms with Crippen LogP contribution in [0.4, 0.5) is 19.3 Å². The van der Waals surface area contributed by atoms with Crippen molar-refractivity contribution < 1.29 is 23.1 Å². The van der Waals surface area contributed by atoms with Gasteiger partial charge in [0.05, 0.1) is 23.0 Å². The van der Waals surface area contributed by atoms with Crippen LogP contribution < -0.4 is 16.4 Å². The minimum Gasteiger partial charge on any atom is -0.446 e. The molecule has 2 aromatic heterocycles. The number of nitrogens with one attached hydrogen (secondary N) is 3. The number of ether oxygens (including phenoxy) is 1. The number of aromatic nitrogens is 3. The van der Waals surface area contributed by atoms with E-state index in [1.165, 1.54) is 6.20 Å². The second-order valence-corrected chi connectivity index (χ2v) is 8.57. The standard InChI is InChI=1S/C22H22F2N6O3/c23-22(24)6-14(7-22)29-19-16-3-11(12-8-27-28-9-12)1-2-18(16)26-10-17(19)20(31)30-13-4-15(5-13)33-21(25)32/h1-3,8-10,13-15H,4-7H2,(H2,25,32)(H,26,29)(H,27,28)(H,30,31). The summed E-state index contributed by atoms with van der Waals surface area (Å²) in [7, 11) is 0. The number of hydrogen-bond acceptors (Lipinski definition) is 6. The number of benzene rings is 1. The number of fused-ring (bicyclic) bond motifs is 1. The maximum atomic E-state index is 13.5. The van der Waals surface area contributed by atoms with Crippen molar-refractivity contribution in [3.8, 4) is 11.1 Å². The molecule has 3 aromatic rings. The Kier molecular flexibility index (Phi) is 5.10. The first-order chi connectivity index (χ1) is 15.8. The average Bonchev–Trinajstić information content (AvgIpc) is 3.25. The number of amides is 2. The smallest absolute Gasteiger partial charge is 0.404 e. The summed E-state index contributed by atoms with van der Waals surface area (Å²) >= 11 is 0. The molecular formula is C22H22F2N6O3. The number of H-pyrrole nitrogens is 1. The number of nitrogens with two attached hydrogens (primary N) is 1. The quantitative estimate of drug-likeness (QED) is 0.450. The number of halogens is 2. The summed E-state index contributed by atoms with van der Waals surface area (Å²) in [5.41, 5.74) is 8.08. The van der Waals surface area contributed by atoms with Crippen molar-refractivity contribution >= 4 is 28.6 Å². The SMILES string of the molecule is NC(=O)OC1CC(NC(=O)c2cnc3ccc(-c4cn[nH]c4)cc3c2NC2CC(F)(F)C2)C1. The second-order valence-electron chi connectivity index (χ2n) is 8.57. The fourth-order valence-corrected chi connectivity index (χ4v) is 4.28. The number of carbonyl (C=O) groups is 2. The maximum Gasteiger partial charge on any atom is 0.404 e. The van der Waals surface area contributed by atoms with Gasteiger partial charge in [0, 0.05) is 61.1 Å². The largest absolute Gasteiger partial charge is 0.446 e. The van der Waals surface area contributed by atoms with Crippen LogP contribution in [0.15, 0.2) is 36.8 Å². The highest BCUT2D eigenvalue weighted by atomic mass is 19.3. The molecule has 2 amide bonds. The van der Waals surface area contributed by atoms with Crippen molar-refractivity contribution in [3.05, 3.63) is 42.4 Å². The van der Waals surface area contributed by atoms with Crippen LogP contribution in [0.25, 0.3) is 22.0 Å². The molecule has 1 aromatic carbocycles. The van der Waals surface area contributed by atoms with Gasteiger partial charge in [0.2, 0.25) is 0 Å². The first kappa shape index (κ1) is 21.1. The van der Waals surface area contributed by atoms with Crippen LogP contribution in [0.2, 0.25) is 0 Å². The van der Waals surface area contributed by atoms with Gasteiger partial charge >= 0.3 is 6.09 Å². The van der Waals surface area contributed by atoms with Gasteiger partial charge in [-0.3, -0.25) is 14.9 Å². The number of primary amides is 1. The Labute approximate surface area is 187 Å². The molecular weight excluding hydrogens is 434 g/mol. The lowest BCUT2D eigenvalue weighted by Crippen LogP contribution is -2.49. The van der Waals surface area contributed by atoms with Crippen molar-refractivity contribution in [3.63, 3.8) is 0 Å². The molecule has 0 radical (unpaired) electrons. The monoisotopic (exact) mass is 456 g/mol. The Balaban J connectivity index is 1.44. The number of rotatable bonds is 6. The van der Waals surface area contributed by atoms with E-state index in [1.54, 1.807) is 12.4 Å². The summed E-state index contributed by atoms with van der Waals surface area (Å²) in [4.78, 5) is 28.3. The normalized spacial score (nSPS) is 21.6. The highest BCUT2D eigenvalue weighted by Crippen LogP contribution is 2.41. The van der Waals surface area contributed by atoms with Gasteiger partial charge in [-0.15, -0.1) is 0 Å². The number of hydrogen-bond donors (Lipinski definition) is 4. The maximum absolute atomic E-state index is 13.5. The van der Waals surface area contributed by atoms with Gasteiger partial charge in [-0.05, 0) is 17.7 Å². The summed E-state index contributed by atoms with van der Waals surface area (Å²) in [5, 5.41) is 13.4. The minimum absolute atomic E-state index is 0.185. The Morgan fingerprint density at radius 3 is 2.61 bits per heavy atom. The van der Waals surface area contributed by atoms with Gasteiger partial charge in [-0.25, -0.2) is 13.6 Å². The van der Waals surface area contributed by atoms with E-state index < -0.39 is 18.1 Å². The van der Waals surface area contributed by atoms with Crippen molar-refractivity contribution in [2.45, 2.75) is 49.8 Å². The zero-order chi connectivity index (χ0) is 23.2. The van der Waals surface area contributed by atoms with E-state index in [4.69, 9.17) is 10.5 Å². The summed E-state index contributed by atoms with van der Waals surface area (Å²) in [6.45, 7) is 0. The Morgan fingerprint density at radius 1 is 1.15 bits per heavy atom. The molecule has 172 valence electrons. The predicted molar refractivity (Wildman–Crippen MR) is 116 cm³/mol. The minimum atomic E-state index is -2.70. The molecule has 11 heteroatoms. The van der Waals surface area contributed by atoms with Gasteiger partial charge in [0.1, 0.15) is 6.10 Å². The van der Waals surface area contributed by atoms with E-state index >= 15 is 0 Å². The van der Waals surface area contributed by atoms with Crippen molar-refractivity contribution in [2.75, 3.05) is 5.32 Å². The van der Waals surface area contributed by atoms with Crippen LogP contribution in [-0.2, 0) is 4.74 Å². The van der Waals surface area contributed by atoms with E-state index in [9.17, 15) is 18.4 Å². The highest BCUT2D eigenvalue weighted by molar-refractivity contribution is 6.08. The average molecular weight is 456 g/mol. The Hall–Kier alpha value is -3.76.